The Labute approximate surface area is 158 Å². The van der Waals surface area contributed by atoms with E-state index in [1.807, 2.05) is 0 Å². The Kier molecular flexibility index (Phi) is 5.93. The maximum atomic E-state index is 12.7. The predicted molar refractivity (Wildman–Crippen MR) is 92.3 cm³/mol. The molecule has 2 aromatic rings. The number of hydrogen-bond donors (Lipinski definition) is 2. The molecule has 28 heavy (non-hydrogen) atoms. The largest absolute Gasteiger partial charge is 0.491 e. The van der Waals surface area contributed by atoms with Gasteiger partial charge in [-0.2, -0.15) is 13.2 Å². The molecule has 9 heteroatoms. The molecule has 1 heterocycles. The molecule has 2 unspecified atom stereocenters. The van der Waals surface area contributed by atoms with Crippen molar-refractivity contribution < 1.29 is 37.3 Å². The molecule has 0 spiro atoms. The Morgan fingerprint density at radius 3 is 2.71 bits per heavy atom. The fourth-order valence-electron chi connectivity index (χ4n) is 2.49. The van der Waals surface area contributed by atoms with Crippen LogP contribution in [0.1, 0.15) is 5.56 Å². The number of halogens is 3. The summed E-state index contributed by atoms with van der Waals surface area (Å²) in [5.41, 5.74) is -0.845. The zero-order valence-corrected chi connectivity index (χ0v) is 14.6. The molecule has 0 saturated carbocycles. The lowest BCUT2D eigenvalue weighted by Gasteiger charge is -2.25. The summed E-state index contributed by atoms with van der Waals surface area (Å²) in [4.78, 5) is 12.1. The fraction of sp³-hybridized carbons (Fsp3) is 0.316. The minimum absolute atomic E-state index is 0.0270. The number of carbonyl (C=O) groups is 1. The second-order valence-electron chi connectivity index (χ2n) is 6.10. The molecular formula is C19H18F3NO5. The van der Waals surface area contributed by atoms with Crippen LogP contribution in [0.3, 0.4) is 0 Å². The summed E-state index contributed by atoms with van der Waals surface area (Å²) in [6.07, 6.45) is -6.46. The summed E-state index contributed by atoms with van der Waals surface area (Å²) in [5.74, 6) is 0.483. The Morgan fingerprint density at radius 1 is 1.21 bits per heavy atom. The van der Waals surface area contributed by atoms with Crippen molar-refractivity contribution in [1.82, 2.24) is 5.32 Å². The third kappa shape index (κ3) is 5.07. The number of rotatable bonds is 6. The van der Waals surface area contributed by atoms with Crippen LogP contribution in [-0.2, 0) is 11.0 Å². The van der Waals surface area contributed by atoms with Gasteiger partial charge in [0.25, 0.3) is 5.91 Å². The van der Waals surface area contributed by atoms with E-state index < -0.39 is 29.9 Å². The zero-order chi connectivity index (χ0) is 20.1. The number of alkyl halides is 3. The molecule has 2 N–H and O–H groups in total. The van der Waals surface area contributed by atoms with Gasteiger partial charge in [-0.3, -0.25) is 4.79 Å². The number of aliphatic hydroxyl groups is 1. The van der Waals surface area contributed by atoms with Crippen molar-refractivity contribution in [3.05, 3.63) is 54.1 Å². The Balaban J connectivity index is 1.45. The highest BCUT2D eigenvalue weighted by Gasteiger charge is 2.31. The lowest BCUT2D eigenvalue weighted by atomic mass is 10.2. The molecule has 1 amide bonds. The van der Waals surface area contributed by atoms with Gasteiger partial charge in [0, 0.05) is 6.54 Å². The van der Waals surface area contributed by atoms with Gasteiger partial charge in [0.05, 0.1) is 5.56 Å². The van der Waals surface area contributed by atoms with Crippen molar-refractivity contribution in [2.24, 2.45) is 0 Å². The average molecular weight is 397 g/mol. The number of ether oxygens (including phenoxy) is 3. The van der Waals surface area contributed by atoms with E-state index >= 15 is 0 Å². The van der Waals surface area contributed by atoms with Gasteiger partial charge in [-0.1, -0.05) is 18.2 Å². The number of fused-ring (bicyclic) bond motifs is 1. The van der Waals surface area contributed by atoms with Gasteiger partial charge < -0.3 is 24.6 Å². The lowest BCUT2D eigenvalue weighted by molar-refractivity contribution is -0.137. The van der Waals surface area contributed by atoms with Gasteiger partial charge in [0.1, 0.15) is 25.1 Å². The van der Waals surface area contributed by atoms with Gasteiger partial charge >= 0.3 is 6.18 Å². The molecule has 0 aliphatic carbocycles. The molecule has 3 rings (SSSR count). The van der Waals surface area contributed by atoms with Crippen molar-refractivity contribution in [3.63, 3.8) is 0 Å². The summed E-state index contributed by atoms with van der Waals surface area (Å²) < 4.78 is 54.2. The lowest BCUT2D eigenvalue weighted by Crippen LogP contribution is -2.46. The smallest absolute Gasteiger partial charge is 0.416 e. The Bertz CT molecular complexity index is 827. The van der Waals surface area contributed by atoms with Gasteiger partial charge in [-0.05, 0) is 30.3 Å². The third-order valence-electron chi connectivity index (χ3n) is 3.92. The first kappa shape index (κ1) is 19.8. The molecule has 0 fully saturated rings. The highest BCUT2D eigenvalue weighted by atomic mass is 19.4. The monoisotopic (exact) mass is 397 g/mol. The molecule has 150 valence electrons. The van der Waals surface area contributed by atoms with Crippen LogP contribution in [0, 0.1) is 0 Å². The van der Waals surface area contributed by atoms with Gasteiger partial charge in [0.15, 0.2) is 11.5 Å². The maximum Gasteiger partial charge on any atom is 0.416 e. The van der Waals surface area contributed by atoms with Crippen molar-refractivity contribution in [2.45, 2.75) is 18.4 Å². The average Bonchev–Trinajstić information content (AvgIpc) is 2.69. The van der Waals surface area contributed by atoms with Crippen LogP contribution in [0.2, 0.25) is 0 Å². The van der Waals surface area contributed by atoms with E-state index in [2.05, 4.69) is 5.32 Å². The third-order valence-corrected chi connectivity index (χ3v) is 3.92. The molecule has 2 aromatic carbocycles. The van der Waals surface area contributed by atoms with E-state index in [1.54, 1.807) is 24.3 Å². The number of amides is 1. The van der Waals surface area contributed by atoms with Crippen LogP contribution < -0.4 is 19.5 Å². The fourth-order valence-corrected chi connectivity index (χ4v) is 2.49. The highest BCUT2D eigenvalue weighted by Crippen LogP contribution is 2.32. The van der Waals surface area contributed by atoms with Crippen molar-refractivity contribution >= 4 is 5.91 Å². The van der Waals surface area contributed by atoms with Gasteiger partial charge in [-0.25, -0.2) is 0 Å². The first-order valence-corrected chi connectivity index (χ1v) is 8.47. The first-order valence-electron chi connectivity index (χ1n) is 8.47. The van der Waals surface area contributed by atoms with E-state index in [0.29, 0.717) is 11.5 Å². The molecule has 0 saturated heterocycles. The summed E-state index contributed by atoms with van der Waals surface area (Å²) >= 11 is 0. The summed E-state index contributed by atoms with van der Waals surface area (Å²) in [6.45, 7) is -0.411. The molecule has 6 nitrogen and oxygen atoms in total. The second-order valence-corrected chi connectivity index (χ2v) is 6.10. The molecule has 0 radical (unpaired) electrons. The predicted octanol–water partition coefficient (Wildman–Crippen LogP) is 2.40. The van der Waals surface area contributed by atoms with Crippen LogP contribution in [-0.4, -0.2) is 43.0 Å². The summed E-state index contributed by atoms with van der Waals surface area (Å²) in [7, 11) is 0. The van der Waals surface area contributed by atoms with Crippen LogP contribution in [0.25, 0.3) is 0 Å². The standard InChI is InChI=1S/C19H18F3NO5/c20-19(21,22)12-4-3-5-14(8-12)26-10-13(24)9-23-18(25)17-11-27-15-6-1-2-7-16(15)28-17/h1-8,13,17,24H,9-11H2,(H,23,25). The highest BCUT2D eigenvalue weighted by molar-refractivity contribution is 5.81. The van der Waals surface area contributed by atoms with Crippen molar-refractivity contribution in [1.29, 1.82) is 0 Å². The van der Waals surface area contributed by atoms with Crippen molar-refractivity contribution in [3.8, 4) is 17.2 Å². The number of aliphatic hydroxyl groups excluding tert-OH is 1. The number of benzene rings is 2. The van der Waals surface area contributed by atoms with Gasteiger partial charge in [-0.15, -0.1) is 0 Å². The molecule has 2 atom stereocenters. The van der Waals surface area contributed by atoms with Crippen LogP contribution in [0.15, 0.2) is 48.5 Å². The molecular weight excluding hydrogens is 379 g/mol. The zero-order valence-electron chi connectivity index (χ0n) is 14.6. The number of para-hydroxylation sites is 2. The molecule has 1 aliphatic rings. The van der Waals surface area contributed by atoms with Crippen LogP contribution in [0.5, 0.6) is 17.2 Å². The topological polar surface area (TPSA) is 77.0 Å². The Hall–Kier alpha value is -2.94. The van der Waals surface area contributed by atoms with E-state index in [1.165, 1.54) is 12.1 Å². The van der Waals surface area contributed by atoms with Crippen molar-refractivity contribution in [2.75, 3.05) is 19.8 Å². The first-order chi connectivity index (χ1) is 13.3. The van der Waals surface area contributed by atoms with Gasteiger partial charge in [0.2, 0.25) is 6.10 Å². The van der Waals surface area contributed by atoms with E-state index in [-0.39, 0.29) is 25.5 Å². The number of hydrogen-bond acceptors (Lipinski definition) is 5. The maximum absolute atomic E-state index is 12.7. The SMILES string of the molecule is O=C(NCC(O)COc1cccc(C(F)(F)F)c1)C1COc2ccccc2O1. The van der Waals surface area contributed by atoms with E-state index in [0.717, 1.165) is 12.1 Å². The van der Waals surface area contributed by atoms with Crippen LogP contribution >= 0.6 is 0 Å². The molecule has 0 aromatic heterocycles. The quantitative estimate of drug-likeness (QED) is 0.783. The molecule has 1 aliphatic heterocycles. The number of carbonyl (C=O) groups excluding carboxylic acids is 1. The van der Waals surface area contributed by atoms with E-state index in [9.17, 15) is 23.1 Å². The number of nitrogens with one attached hydrogen (secondary N) is 1. The van der Waals surface area contributed by atoms with E-state index in [4.69, 9.17) is 14.2 Å². The molecule has 0 bridgehead atoms. The normalized spacial score (nSPS) is 16.9. The summed E-state index contributed by atoms with van der Waals surface area (Å²) in [6, 6.07) is 11.3. The minimum Gasteiger partial charge on any atom is -0.491 e. The Morgan fingerprint density at radius 2 is 1.96 bits per heavy atom. The second kappa shape index (κ2) is 8.39. The van der Waals surface area contributed by atoms with Crippen LogP contribution in [0.4, 0.5) is 13.2 Å². The summed E-state index contributed by atoms with van der Waals surface area (Å²) in [5, 5.41) is 12.4. The minimum atomic E-state index is -4.48.